The molecule has 0 saturated carbocycles. The third-order valence-corrected chi connectivity index (χ3v) is 4.80. The third-order valence-electron chi connectivity index (χ3n) is 3.60. The summed E-state index contributed by atoms with van der Waals surface area (Å²) < 4.78 is 0. The molecule has 0 atom stereocenters. The van der Waals surface area contributed by atoms with E-state index in [0.717, 1.165) is 34.8 Å². The Bertz CT molecular complexity index is 633. The summed E-state index contributed by atoms with van der Waals surface area (Å²) in [6, 6.07) is 7.89. The van der Waals surface area contributed by atoms with Crippen molar-refractivity contribution in [2.75, 3.05) is 6.54 Å². The van der Waals surface area contributed by atoms with Gasteiger partial charge in [-0.25, -0.2) is 4.98 Å². The van der Waals surface area contributed by atoms with Gasteiger partial charge in [0.1, 0.15) is 0 Å². The predicted molar refractivity (Wildman–Crippen MR) is 81.1 cm³/mol. The lowest BCUT2D eigenvalue weighted by Gasteiger charge is -2.27. The van der Waals surface area contributed by atoms with E-state index in [0.29, 0.717) is 12.5 Å². The number of carbonyl (C=O) groups is 1. The van der Waals surface area contributed by atoms with Gasteiger partial charge < -0.3 is 4.90 Å². The second-order valence-electron chi connectivity index (χ2n) is 5.47. The molecule has 2 aromatic rings. The van der Waals surface area contributed by atoms with Gasteiger partial charge >= 0.3 is 0 Å². The molecule has 1 amide bonds. The Labute approximate surface area is 123 Å². The Balaban J connectivity index is 1.77. The maximum Gasteiger partial charge on any atom is 0.254 e. The topological polar surface area (TPSA) is 33.2 Å². The average Bonchev–Trinajstić information content (AvgIpc) is 2.91. The minimum atomic E-state index is 0.131. The number of amides is 1. The van der Waals surface area contributed by atoms with Gasteiger partial charge in [-0.1, -0.05) is 32.0 Å². The van der Waals surface area contributed by atoms with E-state index in [1.54, 1.807) is 11.3 Å². The van der Waals surface area contributed by atoms with Crippen molar-refractivity contribution in [1.82, 2.24) is 9.88 Å². The highest BCUT2D eigenvalue weighted by atomic mass is 32.1. The van der Waals surface area contributed by atoms with Gasteiger partial charge in [-0.3, -0.25) is 4.79 Å². The van der Waals surface area contributed by atoms with Gasteiger partial charge in [-0.15, -0.1) is 11.3 Å². The molecule has 0 unspecified atom stereocenters. The molecule has 20 heavy (non-hydrogen) atoms. The Morgan fingerprint density at radius 2 is 2.15 bits per heavy atom. The van der Waals surface area contributed by atoms with Gasteiger partial charge in [-0.2, -0.15) is 0 Å². The molecule has 104 valence electrons. The summed E-state index contributed by atoms with van der Waals surface area (Å²) >= 11 is 1.68. The number of thiazole rings is 1. The Kier molecular flexibility index (Phi) is 3.57. The number of nitrogens with zero attached hydrogens (tertiary/aromatic N) is 2. The van der Waals surface area contributed by atoms with Crippen LogP contribution < -0.4 is 0 Å². The Morgan fingerprint density at radius 1 is 1.35 bits per heavy atom. The SMILES string of the molecule is CC(C)c1nc(CN2CCc3ccccc3C2=O)cs1. The van der Waals surface area contributed by atoms with E-state index in [1.807, 2.05) is 29.2 Å². The van der Waals surface area contributed by atoms with Crippen molar-refractivity contribution >= 4 is 17.2 Å². The summed E-state index contributed by atoms with van der Waals surface area (Å²) in [5.74, 6) is 0.581. The standard InChI is InChI=1S/C16H18N2OS/c1-11(2)15-17-13(10-20-15)9-18-8-7-12-5-3-4-6-14(12)16(18)19/h3-6,10-11H,7-9H2,1-2H3. The van der Waals surface area contributed by atoms with Crippen molar-refractivity contribution in [3.8, 4) is 0 Å². The number of aromatic nitrogens is 1. The van der Waals surface area contributed by atoms with Crippen molar-refractivity contribution in [2.45, 2.75) is 32.7 Å². The molecule has 1 aromatic carbocycles. The van der Waals surface area contributed by atoms with Crippen molar-refractivity contribution in [3.05, 3.63) is 51.5 Å². The van der Waals surface area contributed by atoms with Crippen molar-refractivity contribution in [3.63, 3.8) is 0 Å². The minimum absolute atomic E-state index is 0.131. The summed E-state index contributed by atoms with van der Waals surface area (Å²) in [6.45, 7) is 5.69. The van der Waals surface area contributed by atoms with E-state index in [1.165, 1.54) is 0 Å². The largest absolute Gasteiger partial charge is 0.332 e. The fourth-order valence-corrected chi connectivity index (χ4v) is 3.31. The number of hydrogen-bond acceptors (Lipinski definition) is 3. The first-order valence-electron chi connectivity index (χ1n) is 6.96. The third kappa shape index (κ3) is 2.48. The zero-order valence-corrected chi connectivity index (χ0v) is 12.6. The molecule has 2 heterocycles. The van der Waals surface area contributed by atoms with Gasteiger partial charge in [0, 0.05) is 23.4 Å². The fraction of sp³-hybridized carbons (Fsp3) is 0.375. The van der Waals surface area contributed by atoms with Crippen molar-refractivity contribution < 1.29 is 4.79 Å². The molecule has 0 spiro atoms. The summed E-state index contributed by atoms with van der Waals surface area (Å²) in [5.41, 5.74) is 3.01. The molecule has 3 nitrogen and oxygen atoms in total. The zero-order chi connectivity index (χ0) is 14.1. The molecule has 4 heteroatoms. The zero-order valence-electron chi connectivity index (χ0n) is 11.8. The lowest BCUT2D eigenvalue weighted by Crippen LogP contribution is -2.37. The number of hydrogen-bond donors (Lipinski definition) is 0. The highest BCUT2D eigenvalue weighted by molar-refractivity contribution is 7.09. The van der Waals surface area contributed by atoms with Crippen LogP contribution in [0.25, 0.3) is 0 Å². The highest BCUT2D eigenvalue weighted by Gasteiger charge is 2.24. The van der Waals surface area contributed by atoms with Crippen LogP contribution in [0, 0.1) is 0 Å². The summed E-state index contributed by atoms with van der Waals surface area (Å²) in [5, 5.41) is 3.22. The van der Waals surface area contributed by atoms with Gasteiger partial charge in [-0.05, 0) is 18.1 Å². The van der Waals surface area contributed by atoms with Crippen LogP contribution in [0.1, 0.15) is 46.4 Å². The van der Waals surface area contributed by atoms with Gasteiger partial charge in [0.2, 0.25) is 0 Å². The second-order valence-corrected chi connectivity index (χ2v) is 6.36. The van der Waals surface area contributed by atoms with E-state index in [9.17, 15) is 4.79 Å². The molecule has 0 fully saturated rings. The molecule has 0 N–H and O–H groups in total. The summed E-state index contributed by atoms with van der Waals surface area (Å²) in [7, 11) is 0. The Hall–Kier alpha value is -1.68. The molecule has 0 bridgehead atoms. The average molecular weight is 286 g/mol. The molecule has 0 saturated heterocycles. The highest BCUT2D eigenvalue weighted by Crippen LogP contribution is 2.23. The molecule has 1 aliphatic heterocycles. The van der Waals surface area contributed by atoms with Gasteiger partial charge in [0.15, 0.2) is 0 Å². The van der Waals surface area contributed by atoms with Crippen LogP contribution in [-0.4, -0.2) is 22.3 Å². The number of carbonyl (C=O) groups excluding carboxylic acids is 1. The fourth-order valence-electron chi connectivity index (χ4n) is 2.48. The van der Waals surface area contributed by atoms with E-state index in [2.05, 4.69) is 24.2 Å². The van der Waals surface area contributed by atoms with Crippen LogP contribution in [-0.2, 0) is 13.0 Å². The van der Waals surface area contributed by atoms with E-state index < -0.39 is 0 Å². The summed E-state index contributed by atoms with van der Waals surface area (Å²) in [4.78, 5) is 19.0. The van der Waals surface area contributed by atoms with Crippen molar-refractivity contribution in [2.24, 2.45) is 0 Å². The molecule has 1 aromatic heterocycles. The first kappa shape index (κ1) is 13.3. The van der Waals surface area contributed by atoms with Crippen LogP contribution in [0.15, 0.2) is 29.6 Å². The predicted octanol–water partition coefficient (Wildman–Crippen LogP) is 3.47. The first-order chi connectivity index (χ1) is 9.65. The Morgan fingerprint density at radius 3 is 2.90 bits per heavy atom. The van der Waals surface area contributed by atoms with Gasteiger partial charge in [0.05, 0.1) is 17.2 Å². The minimum Gasteiger partial charge on any atom is -0.332 e. The quantitative estimate of drug-likeness (QED) is 0.865. The normalized spacial score (nSPS) is 14.8. The van der Waals surface area contributed by atoms with E-state index in [-0.39, 0.29) is 5.91 Å². The molecular weight excluding hydrogens is 268 g/mol. The smallest absolute Gasteiger partial charge is 0.254 e. The second kappa shape index (κ2) is 5.37. The van der Waals surface area contributed by atoms with E-state index >= 15 is 0 Å². The summed E-state index contributed by atoms with van der Waals surface area (Å²) in [6.07, 6.45) is 0.934. The lowest BCUT2D eigenvalue weighted by molar-refractivity contribution is 0.0725. The maximum atomic E-state index is 12.5. The van der Waals surface area contributed by atoms with Crippen LogP contribution in [0.5, 0.6) is 0 Å². The van der Waals surface area contributed by atoms with Crippen LogP contribution in [0.4, 0.5) is 0 Å². The van der Waals surface area contributed by atoms with Crippen LogP contribution in [0.2, 0.25) is 0 Å². The van der Waals surface area contributed by atoms with E-state index in [4.69, 9.17) is 0 Å². The lowest BCUT2D eigenvalue weighted by atomic mass is 9.99. The number of rotatable bonds is 3. The van der Waals surface area contributed by atoms with Gasteiger partial charge in [0.25, 0.3) is 5.91 Å². The number of benzene rings is 1. The number of fused-ring (bicyclic) bond motifs is 1. The molecule has 1 aliphatic rings. The van der Waals surface area contributed by atoms with Crippen LogP contribution in [0.3, 0.4) is 0 Å². The van der Waals surface area contributed by atoms with Crippen molar-refractivity contribution in [1.29, 1.82) is 0 Å². The monoisotopic (exact) mass is 286 g/mol. The maximum absolute atomic E-state index is 12.5. The molecule has 0 aliphatic carbocycles. The first-order valence-corrected chi connectivity index (χ1v) is 7.84. The molecular formula is C16H18N2OS. The van der Waals surface area contributed by atoms with Crippen LogP contribution >= 0.6 is 11.3 Å². The molecule has 3 rings (SSSR count). The molecule has 0 radical (unpaired) electrons.